The minimum absolute atomic E-state index is 0.642. The Kier molecular flexibility index (Phi) is 1.69. The third-order valence-corrected chi connectivity index (χ3v) is 3.05. The second-order valence-electron chi connectivity index (χ2n) is 3.67. The molecule has 0 aromatic rings. The molecule has 3 unspecified atom stereocenters. The van der Waals surface area contributed by atoms with Crippen LogP contribution in [0.2, 0.25) is 0 Å². The quantitative estimate of drug-likeness (QED) is 0.571. The van der Waals surface area contributed by atoms with Gasteiger partial charge in [0.25, 0.3) is 0 Å². The molecule has 0 aliphatic heterocycles. The molecule has 1 nitrogen and oxygen atoms in total. The molecule has 3 atom stereocenters. The maximum atomic E-state index is 5.64. The molecule has 0 amide bonds. The minimum atomic E-state index is 0.642. The summed E-state index contributed by atoms with van der Waals surface area (Å²) in [6, 6.07) is 0. The van der Waals surface area contributed by atoms with E-state index in [2.05, 4.69) is 6.92 Å². The largest absolute Gasteiger partial charge is 0.378 e. The van der Waals surface area contributed by atoms with Gasteiger partial charge in [-0.15, -0.1) is 0 Å². The first-order valence-corrected chi connectivity index (χ1v) is 4.51. The molecule has 2 bridgehead atoms. The fourth-order valence-corrected chi connectivity index (χ4v) is 2.60. The van der Waals surface area contributed by atoms with Gasteiger partial charge >= 0.3 is 0 Å². The van der Waals surface area contributed by atoms with E-state index in [1.54, 1.807) is 0 Å². The zero-order valence-corrected chi connectivity index (χ0v) is 6.68. The normalized spacial score (nSPS) is 44.7. The number of hydrogen-bond donors (Lipinski definition) is 0. The molecule has 2 rings (SSSR count). The van der Waals surface area contributed by atoms with Gasteiger partial charge in [-0.05, 0) is 44.4 Å². The first kappa shape index (κ1) is 6.66. The Balaban J connectivity index is 1.90. The molecule has 0 heterocycles. The summed E-state index contributed by atoms with van der Waals surface area (Å²) in [5, 5.41) is 0. The fraction of sp³-hybridized carbons (Fsp3) is 1.00. The van der Waals surface area contributed by atoms with Crippen molar-refractivity contribution in [3.63, 3.8) is 0 Å². The molecule has 10 heavy (non-hydrogen) atoms. The third kappa shape index (κ3) is 0.968. The molecule has 1 heteroatoms. The van der Waals surface area contributed by atoms with Crippen molar-refractivity contribution < 1.29 is 4.74 Å². The van der Waals surface area contributed by atoms with Gasteiger partial charge in [0.2, 0.25) is 0 Å². The molecule has 0 aromatic heterocycles. The summed E-state index contributed by atoms with van der Waals surface area (Å²) < 4.78 is 5.64. The van der Waals surface area contributed by atoms with Crippen molar-refractivity contribution in [2.75, 3.05) is 6.61 Å². The van der Waals surface area contributed by atoms with Crippen molar-refractivity contribution in [3.8, 4) is 0 Å². The van der Waals surface area contributed by atoms with Crippen LogP contribution >= 0.6 is 0 Å². The highest BCUT2D eigenvalue weighted by Gasteiger charge is 2.39. The van der Waals surface area contributed by atoms with Crippen LogP contribution in [0.1, 0.15) is 32.6 Å². The van der Waals surface area contributed by atoms with Crippen molar-refractivity contribution >= 4 is 0 Å². The van der Waals surface area contributed by atoms with E-state index in [0.717, 1.165) is 18.4 Å². The average Bonchev–Trinajstić information content (AvgIpc) is 2.48. The number of ether oxygens (including phenoxy) is 1. The van der Waals surface area contributed by atoms with Crippen LogP contribution in [0.5, 0.6) is 0 Å². The van der Waals surface area contributed by atoms with E-state index in [-0.39, 0.29) is 0 Å². The van der Waals surface area contributed by atoms with Gasteiger partial charge in [0.05, 0.1) is 6.10 Å². The summed E-state index contributed by atoms with van der Waals surface area (Å²) in [4.78, 5) is 0. The van der Waals surface area contributed by atoms with E-state index in [1.165, 1.54) is 25.7 Å². The van der Waals surface area contributed by atoms with Gasteiger partial charge in [0, 0.05) is 6.61 Å². The summed E-state index contributed by atoms with van der Waals surface area (Å²) in [7, 11) is 0. The Morgan fingerprint density at radius 2 is 2.20 bits per heavy atom. The first-order chi connectivity index (χ1) is 4.90. The molecular formula is C9H16O. The Labute approximate surface area is 62.8 Å². The second kappa shape index (κ2) is 2.54. The van der Waals surface area contributed by atoms with E-state index in [4.69, 9.17) is 4.74 Å². The Morgan fingerprint density at radius 1 is 1.30 bits per heavy atom. The lowest BCUT2D eigenvalue weighted by atomic mass is 9.98. The highest BCUT2D eigenvalue weighted by atomic mass is 16.5. The molecule has 0 N–H and O–H groups in total. The summed E-state index contributed by atoms with van der Waals surface area (Å²) >= 11 is 0. The average molecular weight is 140 g/mol. The van der Waals surface area contributed by atoms with Crippen LogP contribution in [0, 0.1) is 11.8 Å². The molecule has 2 aliphatic rings. The Hall–Kier alpha value is -0.0400. The van der Waals surface area contributed by atoms with Crippen molar-refractivity contribution in [2.45, 2.75) is 38.7 Å². The van der Waals surface area contributed by atoms with Gasteiger partial charge in [-0.2, -0.15) is 0 Å². The van der Waals surface area contributed by atoms with Gasteiger partial charge in [0.15, 0.2) is 0 Å². The van der Waals surface area contributed by atoms with E-state index >= 15 is 0 Å². The number of rotatable bonds is 2. The second-order valence-corrected chi connectivity index (χ2v) is 3.67. The van der Waals surface area contributed by atoms with Gasteiger partial charge in [-0.25, -0.2) is 0 Å². The van der Waals surface area contributed by atoms with Crippen molar-refractivity contribution in [1.82, 2.24) is 0 Å². The van der Waals surface area contributed by atoms with E-state index in [9.17, 15) is 0 Å². The highest BCUT2D eigenvalue weighted by molar-refractivity contribution is 4.90. The maximum Gasteiger partial charge on any atom is 0.0605 e. The zero-order chi connectivity index (χ0) is 6.97. The summed E-state index contributed by atoms with van der Waals surface area (Å²) in [6.07, 6.45) is 6.39. The van der Waals surface area contributed by atoms with Crippen molar-refractivity contribution in [1.29, 1.82) is 0 Å². The molecule has 58 valence electrons. The third-order valence-electron chi connectivity index (χ3n) is 3.05. The van der Waals surface area contributed by atoms with Crippen LogP contribution < -0.4 is 0 Å². The van der Waals surface area contributed by atoms with Crippen LogP contribution in [0.15, 0.2) is 0 Å². The predicted octanol–water partition coefficient (Wildman–Crippen LogP) is 2.21. The van der Waals surface area contributed by atoms with Crippen LogP contribution in [0.4, 0.5) is 0 Å². The van der Waals surface area contributed by atoms with Crippen molar-refractivity contribution in [2.24, 2.45) is 11.8 Å². The van der Waals surface area contributed by atoms with Gasteiger partial charge in [-0.3, -0.25) is 0 Å². The SMILES string of the molecule is CCOC1CC2CCC1C2. The topological polar surface area (TPSA) is 9.23 Å². The first-order valence-electron chi connectivity index (χ1n) is 4.51. The summed E-state index contributed by atoms with van der Waals surface area (Å²) in [5.41, 5.74) is 0. The summed E-state index contributed by atoms with van der Waals surface area (Å²) in [6.45, 7) is 3.01. The molecule has 2 fully saturated rings. The van der Waals surface area contributed by atoms with Crippen molar-refractivity contribution in [3.05, 3.63) is 0 Å². The maximum absolute atomic E-state index is 5.64. The van der Waals surface area contributed by atoms with Crippen LogP contribution in [0.25, 0.3) is 0 Å². The molecule has 0 radical (unpaired) electrons. The lowest BCUT2D eigenvalue weighted by molar-refractivity contribution is 0.0245. The monoisotopic (exact) mass is 140 g/mol. The van der Waals surface area contributed by atoms with E-state index in [0.29, 0.717) is 6.10 Å². The molecule has 0 aromatic carbocycles. The standard InChI is InChI=1S/C9H16O/c1-2-10-9-6-7-3-4-8(9)5-7/h7-9H,2-6H2,1H3. The lowest BCUT2D eigenvalue weighted by Crippen LogP contribution is -2.19. The molecular weight excluding hydrogens is 124 g/mol. The summed E-state index contributed by atoms with van der Waals surface area (Å²) in [5.74, 6) is 1.96. The zero-order valence-electron chi connectivity index (χ0n) is 6.68. The number of hydrogen-bond acceptors (Lipinski definition) is 1. The van der Waals surface area contributed by atoms with Gasteiger partial charge < -0.3 is 4.74 Å². The fourth-order valence-electron chi connectivity index (χ4n) is 2.60. The van der Waals surface area contributed by atoms with Crippen LogP contribution in [-0.2, 0) is 4.74 Å². The number of fused-ring (bicyclic) bond motifs is 2. The molecule has 0 spiro atoms. The van der Waals surface area contributed by atoms with Gasteiger partial charge in [-0.1, -0.05) is 0 Å². The van der Waals surface area contributed by atoms with Crippen LogP contribution in [0.3, 0.4) is 0 Å². The Bertz CT molecular complexity index is 122. The van der Waals surface area contributed by atoms with E-state index < -0.39 is 0 Å². The molecule has 0 saturated heterocycles. The van der Waals surface area contributed by atoms with Gasteiger partial charge in [0.1, 0.15) is 0 Å². The predicted molar refractivity (Wildman–Crippen MR) is 40.9 cm³/mol. The highest BCUT2D eigenvalue weighted by Crippen LogP contribution is 2.45. The van der Waals surface area contributed by atoms with E-state index in [1.807, 2.05) is 0 Å². The minimum Gasteiger partial charge on any atom is -0.378 e. The van der Waals surface area contributed by atoms with Crippen LogP contribution in [-0.4, -0.2) is 12.7 Å². The molecule has 2 saturated carbocycles. The smallest absolute Gasteiger partial charge is 0.0605 e. The molecule has 2 aliphatic carbocycles. The Morgan fingerprint density at radius 3 is 2.70 bits per heavy atom. The lowest BCUT2D eigenvalue weighted by Gasteiger charge is -2.20.